The number of aliphatic imine (C=N–C) groups is 1. The van der Waals surface area contributed by atoms with Crippen LogP contribution in [0.3, 0.4) is 0 Å². The van der Waals surface area contributed by atoms with Crippen LogP contribution in [0.15, 0.2) is 4.99 Å². The van der Waals surface area contributed by atoms with Gasteiger partial charge in [-0.1, -0.05) is 6.92 Å². The highest BCUT2D eigenvalue weighted by Crippen LogP contribution is 2.09. The maximum Gasteiger partial charge on any atom is 0.0970 e. The minimum atomic E-state index is 0.0175. The third-order valence-electron chi connectivity index (χ3n) is 1.32. The molecular formula is C11H24N2. The first kappa shape index (κ1) is 12.5. The van der Waals surface area contributed by atoms with E-state index in [-0.39, 0.29) is 11.1 Å². The summed E-state index contributed by atoms with van der Waals surface area (Å²) in [6.45, 7) is 14.9. The molecule has 0 aliphatic rings. The molecule has 0 spiro atoms. The molecular weight excluding hydrogens is 160 g/mol. The molecule has 0 atom stereocenters. The van der Waals surface area contributed by atoms with Crippen LogP contribution < -0.4 is 5.32 Å². The van der Waals surface area contributed by atoms with Gasteiger partial charge in [0, 0.05) is 12.0 Å². The Labute approximate surface area is 82.8 Å². The van der Waals surface area contributed by atoms with Crippen LogP contribution in [0.25, 0.3) is 0 Å². The molecule has 2 nitrogen and oxygen atoms in total. The number of rotatable bonds is 1. The SMILES string of the molecule is CCC(=NC(C)(C)C)NC(C)(C)C. The molecule has 0 aliphatic heterocycles. The summed E-state index contributed by atoms with van der Waals surface area (Å²) in [5.74, 6) is 1.10. The van der Waals surface area contributed by atoms with Crippen molar-refractivity contribution < 1.29 is 0 Å². The quantitative estimate of drug-likeness (QED) is 0.492. The van der Waals surface area contributed by atoms with Crippen molar-refractivity contribution in [2.45, 2.75) is 66.0 Å². The zero-order valence-corrected chi connectivity index (χ0v) is 10.2. The zero-order chi connectivity index (χ0) is 10.7. The van der Waals surface area contributed by atoms with Crippen LogP contribution in [-0.2, 0) is 0 Å². The van der Waals surface area contributed by atoms with E-state index >= 15 is 0 Å². The third kappa shape index (κ3) is 7.82. The second-order valence-corrected chi connectivity index (χ2v) is 5.46. The zero-order valence-electron chi connectivity index (χ0n) is 10.2. The van der Waals surface area contributed by atoms with Gasteiger partial charge >= 0.3 is 0 Å². The van der Waals surface area contributed by atoms with Crippen LogP contribution in [0.4, 0.5) is 0 Å². The van der Waals surface area contributed by atoms with Crippen LogP contribution in [-0.4, -0.2) is 16.9 Å². The van der Waals surface area contributed by atoms with Crippen LogP contribution in [0.5, 0.6) is 0 Å². The molecule has 0 bridgehead atoms. The summed E-state index contributed by atoms with van der Waals surface area (Å²) in [5.41, 5.74) is 0.129. The van der Waals surface area contributed by atoms with E-state index in [4.69, 9.17) is 0 Å². The minimum absolute atomic E-state index is 0.0175. The molecule has 0 unspecified atom stereocenters. The molecule has 0 aromatic carbocycles. The smallest absolute Gasteiger partial charge is 0.0970 e. The van der Waals surface area contributed by atoms with Crippen LogP contribution in [0.1, 0.15) is 54.9 Å². The average molecular weight is 184 g/mol. The van der Waals surface area contributed by atoms with Gasteiger partial charge in [0.05, 0.1) is 11.4 Å². The molecule has 0 aromatic heterocycles. The van der Waals surface area contributed by atoms with E-state index < -0.39 is 0 Å². The molecule has 0 saturated carbocycles. The average Bonchev–Trinajstić information content (AvgIpc) is 1.79. The predicted molar refractivity (Wildman–Crippen MR) is 60.4 cm³/mol. The van der Waals surface area contributed by atoms with Crippen LogP contribution in [0, 0.1) is 0 Å². The van der Waals surface area contributed by atoms with Gasteiger partial charge in [0.2, 0.25) is 0 Å². The summed E-state index contributed by atoms with van der Waals surface area (Å²) in [6.07, 6.45) is 0.967. The van der Waals surface area contributed by atoms with Gasteiger partial charge < -0.3 is 5.32 Å². The van der Waals surface area contributed by atoms with Crippen molar-refractivity contribution in [1.82, 2.24) is 5.32 Å². The molecule has 0 radical (unpaired) electrons. The second-order valence-electron chi connectivity index (χ2n) is 5.46. The molecule has 0 amide bonds. The Morgan fingerprint density at radius 2 is 1.54 bits per heavy atom. The molecule has 0 aliphatic carbocycles. The molecule has 0 aromatic rings. The lowest BCUT2D eigenvalue weighted by Gasteiger charge is -2.25. The molecule has 78 valence electrons. The Hall–Kier alpha value is -0.530. The van der Waals surface area contributed by atoms with E-state index in [0.717, 1.165) is 12.3 Å². The van der Waals surface area contributed by atoms with Gasteiger partial charge in [-0.2, -0.15) is 0 Å². The van der Waals surface area contributed by atoms with Crippen molar-refractivity contribution in [3.63, 3.8) is 0 Å². The molecule has 0 rings (SSSR count). The highest BCUT2D eigenvalue weighted by molar-refractivity contribution is 5.82. The highest BCUT2D eigenvalue weighted by Gasteiger charge is 2.14. The number of nitrogens with one attached hydrogen (secondary N) is 1. The molecule has 0 heterocycles. The van der Waals surface area contributed by atoms with Crippen molar-refractivity contribution in [2.24, 2.45) is 4.99 Å². The summed E-state index contributed by atoms with van der Waals surface area (Å²) in [4.78, 5) is 4.62. The summed E-state index contributed by atoms with van der Waals surface area (Å²) < 4.78 is 0. The van der Waals surface area contributed by atoms with Crippen LogP contribution >= 0.6 is 0 Å². The van der Waals surface area contributed by atoms with E-state index in [2.05, 4.69) is 58.8 Å². The lowest BCUT2D eigenvalue weighted by Crippen LogP contribution is -2.41. The summed E-state index contributed by atoms with van der Waals surface area (Å²) in [7, 11) is 0. The van der Waals surface area contributed by atoms with Crippen molar-refractivity contribution in [3.8, 4) is 0 Å². The number of amidine groups is 1. The van der Waals surface area contributed by atoms with Gasteiger partial charge in [0.25, 0.3) is 0 Å². The van der Waals surface area contributed by atoms with E-state index in [1.54, 1.807) is 0 Å². The Balaban J connectivity index is 4.45. The molecule has 0 fully saturated rings. The molecule has 1 N–H and O–H groups in total. The lowest BCUT2D eigenvalue weighted by atomic mass is 10.1. The maximum atomic E-state index is 4.62. The Kier molecular flexibility index (Phi) is 3.95. The van der Waals surface area contributed by atoms with Gasteiger partial charge in [-0.05, 0) is 41.5 Å². The normalized spacial score (nSPS) is 14.5. The molecule has 0 saturated heterocycles. The Morgan fingerprint density at radius 1 is 1.08 bits per heavy atom. The molecule has 2 heteroatoms. The Morgan fingerprint density at radius 3 is 1.77 bits per heavy atom. The minimum Gasteiger partial charge on any atom is -0.369 e. The number of hydrogen-bond donors (Lipinski definition) is 1. The third-order valence-corrected chi connectivity index (χ3v) is 1.32. The number of nitrogens with zero attached hydrogens (tertiary/aromatic N) is 1. The van der Waals surface area contributed by atoms with E-state index in [9.17, 15) is 0 Å². The van der Waals surface area contributed by atoms with Gasteiger partial charge in [0.1, 0.15) is 0 Å². The monoisotopic (exact) mass is 184 g/mol. The van der Waals surface area contributed by atoms with Gasteiger partial charge in [-0.15, -0.1) is 0 Å². The summed E-state index contributed by atoms with van der Waals surface area (Å²) >= 11 is 0. The number of hydrogen-bond acceptors (Lipinski definition) is 1. The van der Waals surface area contributed by atoms with Crippen molar-refractivity contribution >= 4 is 5.84 Å². The fourth-order valence-electron chi connectivity index (χ4n) is 1.03. The molecule has 13 heavy (non-hydrogen) atoms. The van der Waals surface area contributed by atoms with Crippen molar-refractivity contribution in [1.29, 1.82) is 0 Å². The van der Waals surface area contributed by atoms with Gasteiger partial charge in [-0.25, -0.2) is 0 Å². The topological polar surface area (TPSA) is 24.4 Å². The van der Waals surface area contributed by atoms with Crippen LogP contribution in [0.2, 0.25) is 0 Å². The largest absolute Gasteiger partial charge is 0.369 e. The fraction of sp³-hybridized carbons (Fsp3) is 0.909. The Bertz CT molecular complexity index is 179. The maximum absolute atomic E-state index is 4.62. The van der Waals surface area contributed by atoms with Gasteiger partial charge in [-0.3, -0.25) is 4.99 Å². The van der Waals surface area contributed by atoms with Crippen molar-refractivity contribution in [2.75, 3.05) is 0 Å². The van der Waals surface area contributed by atoms with E-state index in [1.165, 1.54) is 0 Å². The standard InChI is InChI=1S/C11H24N2/c1-8-9(12-10(2,3)4)13-11(5,6)7/h8H2,1-7H3,(H,12,13). The first-order chi connectivity index (χ1) is 5.64. The van der Waals surface area contributed by atoms with E-state index in [0.29, 0.717) is 0 Å². The lowest BCUT2D eigenvalue weighted by molar-refractivity contribution is 0.496. The highest BCUT2D eigenvalue weighted by atomic mass is 15.1. The van der Waals surface area contributed by atoms with Gasteiger partial charge in [0.15, 0.2) is 0 Å². The first-order valence-corrected chi connectivity index (χ1v) is 5.01. The second kappa shape index (κ2) is 4.12. The van der Waals surface area contributed by atoms with E-state index in [1.807, 2.05) is 0 Å². The summed E-state index contributed by atoms with van der Waals surface area (Å²) in [6, 6.07) is 0. The summed E-state index contributed by atoms with van der Waals surface area (Å²) in [5, 5.41) is 3.41. The predicted octanol–water partition coefficient (Wildman–Crippen LogP) is 2.98. The first-order valence-electron chi connectivity index (χ1n) is 5.01. The fourth-order valence-corrected chi connectivity index (χ4v) is 1.03. The van der Waals surface area contributed by atoms with Crippen molar-refractivity contribution in [3.05, 3.63) is 0 Å².